The molecular formula is C20H17N5O5. The lowest BCUT2D eigenvalue weighted by Gasteiger charge is -2.10. The Morgan fingerprint density at radius 1 is 1.00 bits per heavy atom. The molecule has 0 atom stereocenters. The molecule has 0 aliphatic heterocycles. The molecule has 10 nitrogen and oxygen atoms in total. The van der Waals surface area contributed by atoms with E-state index in [4.69, 9.17) is 9.47 Å². The Bertz CT molecular complexity index is 1340. The van der Waals surface area contributed by atoms with Crippen molar-refractivity contribution >= 4 is 28.4 Å². The molecule has 0 saturated heterocycles. The lowest BCUT2D eigenvalue weighted by molar-refractivity contribution is 0.0847. The summed E-state index contributed by atoms with van der Waals surface area (Å²) in [6.07, 6.45) is 1.32. The first-order valence-electron chi connectivity index (χ1n) is 8.85. The molecule has 0 saturated carbocycles. The molecule has 3 N–H and O–H groups in total. The predicted molar refractivity (Wildman–Crippen MR) is 108 cm³/mol. The maximum Gasteiger partial charge on any atom is 0.275 e. The van der Waals surface area contributed by atoms with Crippen molar-refractivity contribution in [2.45, 2.75) is 0 Å². The van der Waals surface area contributed by atoms with Gasteiger partial charge in [0.2, 0.25) is 0 Å². The molecular weight excluding hydrogens is 390 g/mol. The first-order valence-corrected chi connectivity index (χ1v) is 8.85. The van der Waals surface area contributed by atoms with Crippen LogP contribution in [0.15, 0.2) is 53.5 Å². The number of hydrogen-bond acceptors (Lipinski definition) is 6. The molecule has 0 spiro atoms. The van der Waals surface area contributed by atoms with Gasteiger partial charge in [-0.15, -0.1) is 0 Å². The SMILES string of the molecule is COc1ccc(C(=O)NNC(=O)c2cnn3c2[nH]c(=O)c2ccccc23)cc1OC. The van der Waals surface area contributed by atoms with Gasteiger partial charge < -0.3 is 14.5 Å². The number of hydrogen-bond donors (Lipinski definition) is 3. The Morgan fingerprint density at radius 3 is 2.50 bits per heavy atom. The average Bonchev–Trinajstić information content (AvgIpc) is 3.21. The minimum absolute atomic E-state index is 0.102. The van der Waals surface area contributed by atoms with Crippen LogP contribution in [0.1, 0.15) is 20.7 Å². The van der Waals surface area contributed by atoms with Crippen LogP contribution in [-0.4, -0.2) is 40.6 Å². The number of aromatic nitrogens is 3. The van der Waals surface area contributed by atoms with E-state index < -0.39 is 11.8 Å². The molecule has 0 aliphatic carbocycles. The standard InChI is InChI=1S/C20H17N5O5/c1-29-15-8-7-11(9-16(15)30-2)18(26)23-24-20(28)13-10-21-25-14-6-4-3-5-12(14)19(27)22-17(13)25/h3-10H,1-2H3,(H,22,27)(H,23,26)(H,24,28). The Balaban J connectivity index is 1.57. The number of nitrogens with zero attached hydrogens (tertiary/aromatic N) is 2. The van der Waals surface area contributed by atoms with Crippen molar-refractivity contribution < 1.29 is 19.1 Å². The zero-order valence-corrected chi connectivity index (χ0v) is 16.1. The minimum atomic E-state index is -0.634. The van der Waals surface area contributed by atoms with Gasteiger partial charge in [0.15, 0.2) is 11.5 Å². The summed E-state index contributed by atoms with van der Waals surface area (Å²) in [5, 5.41) is 4.62. The quantitative estimate of drug-likeness (QED) is 0.437. The Morgan fingerprint density at radius 2 is 1.73 bits per heavy atom. The second kappa shape index (κ2) is 7.59. The number of rotatable bonds is 4. The highest BCUT2D eigenvalue weighted by Crippen LogP contribution is 2.27. The number of H-pyrrole nitrogens is 1. The fourth-order valence-corrected chi connectivity index (χ4v) is 3.07. The Hall–Kier alpha value is -4.34. The minimum Gasteiger partial charge on any atom is -0.493 e. The summed E-state index contributed by atoms with van der Waals surface area (Å²) in [6.45, 7) is 0. The van der Waals surface area contributed by atoms with Crippen LogP contribution in [0.4, 0.5) is 0 Å². The van der Waals surface area contributed by atoms with Gasteiger partial charge in [0.25, 0.3) is 17.4 Å². The van der Waals surface area contributed by atoms with E-state index in [0.717, 1.165) is 0 Å². The van der Waals surface area contributed by atoms with Gasteiger partial charge in [0.05, 0.1) is 31.3 Å². The van der Waals surface area contributed by atoms with Crippen molar-refractivity contribution in [3.05, 3.63) is 70.1 Å². The normalized spacial score (nSPS) is 10.7. The first-order chi connectivity index (χ1) is 14.5. The van der Waals surface area contributed by atoms with Crippen molar-refractivity contribution in [1.29, 1.82) is 0 Å². The predicted octanol–water partition coefficient (Wildman–Crippen LogP) is 1.27. The van der Waals surface area contributed by atoms with Gasteiger partial charge in [-0.2, -0.15) is 5.10 Å². The third kappa shape index (κ3) is 3.20. The van der Waals surface area contributed by atoms with Crippen molar-refractivity contribution in [3.8, 4) is 11.5 Å². The molecule has 4 rings (SSSR count). The number of amides is 2. The van der Waals surface area contributed by atoms with E-state index in [1.165, 1.54) is 37.1 Å². The van der Waals surface area contributed by atoms with Gasteiger partial charge in [-0.25, -0.2) is 4.52 Å². The number of para-hydroxylation sites is 1. The van der Waals surface area contributed by atoms with Crippen LogP contribution in [0.5, 0.6) is 11.5 Å². The summed E-state index contributed by atoms with van der Waals surface area (Å²) in [5.41, 5.74) is 5.44. The fraction of sp³-hybridized carbons (Fsp3) is 0.100. The molecule has 30 heavy (non-hydrogen) atoms. The molecule has 0 fully saturated rings. The summed E-state index contributed by atoms with van der Waals surface area (Å²) in [5.74, 6) is -0.339. The van der Waals surface area contributed by atoms with Gasteiger partial charge in [-0.3, -0.25) is 25.2 Å². The maximum atomic E-state index is 12.6. The second-order valence-corrected chi connectivity index (χ2v) is 6.27. The molecule has 152 valence electrons. The summed E-state index contributed by atoms with van der Waals surface area (Å²) in [4.78, 5) is 39.9. The summed E-state index contributed by atoms with van der Waals surface area (Å²) in [7, 11) is 2.94. The van der Waals surface area contributed by atoms with Crippen LogP contribution >= 0.6 is 0 Å². The number of carbonyl (C=O) groups excluding carboxylic acids is 2. The van der Waals surface area contributed by atoms with Crippen LogP contribution in [-0.2, 0) is 0 Å². The number of nitrogens with one attached hydrogen (secondary N) is 3. The van der Waals surface area contributed by atoms with E-state index in [1.54, 1.807) is 30.3 Å². The first kappa shape index (κ1) is 19.0. The summed E-state index contributed by atoms with van der Waals surface area (Å²) in [6, 6.07) is 11.5. The summed E-state index contributed by atoms with van der Waals surface area (Å²) < 4.78 is 11.8. The van der Waals surface area contributed by atoms with E-state index >= 15 is 0 Å². The van der Waals surface area contributed by atoms with Crippen molar-refractivity contribution in [3.63, 3.8) is 0 Å². The zero-order chi connectivity index (χ0) is 21.3. The highest BCUT2D eigenvalue weighted by Gasteiger charge is 2.17. The highest BCUT2D eigenvalue weighted by atomic mass is 16.5. The van der Waals surface area contributed by atoms with Gasteiger partial charge in [0, 0.05) is 5.56 Å². The zero-order valence-electron chi connectivity index (χ0n) is 16.1. The molecule has 0 bridgehead atoms. The van der Waals surface area contributed by atoms with Crippen LogP contribution in [0.3, 0.4) is 0 Å². The average molecular weight is 407 g/mol. The van der Waals surface area contributed by atoms with E-state index in [-0.39, 0.29) is 22.3 Å². The number of carbonyl (C=O) groups is 2. The highest BCUT2D eigenvalue weighted by molar-refractivity contribution is 6.03. The lowest BCUT2D eigenvalue weighted by atomic mass is 10.2. The van der Waals surface area contributed by atoms with Crippen molar-refractivity contribution in [2.75, 3.05) is 14.2 Å². The van der Waals surface area contributed by atoms with E-state index in [0.29, 0.717) is 22.4 Å². The van der Waals surface area contributed by atoms with Crippen molar-refractivity contribution in [1.82, 2.24) is 25.4 Å². The molecule has 2 heterocycles. The summed E-state index contributed by atoms with van der Waals surface area (Å²) >= 11 is 0. The smallest absolute Gasteiger partial charge is 0.275 e. The number of ether oxygens (including phenoxy) is 2. The number of aromatic amines is 1. The van der Waals surface area contributed by atoms with Crippen LogP contribution in [0, 0.1) is 0 Å². The Labute approximate surface area is 169 Å². The molecule has 0 aliphatic rings. The molecule has 2 amide bonds. The lowest BCUT2D eigenvalue weighted by Crippen LogP contribution is -2.41. The number of methoxy groups -OCH3 is 2. The van der Waals surface area contributed by atoms with E-state index in [2.05, 4.69) is 20.9 Å². The third-order valence-corrected chi connectivity index (χ3v) is 4.56. The van der Waals surface area contributed by atoms with Gasteiger partial charge in [-0.05, 0) is 30.3 Å². The molecule has 10 heteroatoms. The Kier molecular flexibility index (Phi) is 4.80. The fourth-order valence-electron chi connectivity index (χ4n) is 3.07. The number of benzene rings is 2. The third-order valence-electron chi connectivity index (χ3n) is 4.56. The van der Waals surface area contributed by atoms with Crippen LogP contribution < -0.4 is 25.9 Å². The maximum absolute atomic E-state index is 12.6. The topological polar surface area (TPSA) is 127 Å². The number of hydrazine groups is 1. The van der Waals surface area contributed by atoms with E-state index in [1.807, 2.05) is 0 Å². The van der Waals surface area contributed by atoms with Gasteiger partial charge in [0.1, 0.15) is 11.2 Å². The molecule has 2 aromatic carbocycles. The monoisotopic (exact) mass is 407 g/mol. The molecule has 4 aromatic rings. The second-order valence-electron chi connectivity index (χ2n) is 6.27. The van der Waals surface area contributed by atoms with Crippen LogP contribution in [0.2, 0.25) is 0 Å². The number of fused-ring (bicyclic) bond motifs is 3. The van der Waals surface area contributed by atoms with Crippen molar-refractivity contribution in [2.24, 2.45) is 0 Å². The molecule has 0 radical (unpaired) electrons. The molecule has 2 aromatic heterocycles. The van der Waals surface area contributed by atoms with E-state index in [9.17, 15) is 14.4 Å². The van der Waals surface area contributed by atoms with Gasteiger partial charge in [-0.1, -0.05) is 12.1 Å². The largest absolute Gasteiger partial charge is 0.493 e. The van der Waals surface area contributed by atoms with Gasteiger partial charge >= 0.3 is 0 Å². The van der Waals surface area contributed by atoms with Crippen LogP contribution in [0.25, 0.3) is 16.6 Å². The molecule has 0 unspecified atom stereocenters.